The van der Waals surface area contributed by atoms with Crippen molar-refractivity contribution in [3.05, 3.63) is 35.9 Å². The summed E-state index contributed by atoms with van der Waals surface area (Å²) in [5.74, 6) is -0.724. The van der Waals surface area contributed by atoms with Crippen molar-refractivity contribution in [3.8, 4) is 0 Å². The zero-order valence-electron chi connectivity index (χ0n) is 13.7. The largest absolute Gasteiger partial charge is 0.481 e. The second-order valence-corrected chi connectivity index (χ2v) is 7.15. The summed E-state index contributed by atoms with van der Waals surface area (Å²) in [4.78, 5) is 10.8. The second-order valence-electron chi connectivity index (χ2n) is 7.15. The minimum atomic E-state index is -0.724. The van der Waals surface area contributed by atoms with E-state index in [1.54, 1.807) is 0 Å². The van der Waals surface area contributed by atoms with Crippen LogP contribution >= 0.6 is 0 Å². The summed E-state index contributed by atoms with van der Waals surface area (Å²) < 4.78 is 0. The van der Waals surface area contributed by atoms with Gasteiger partial charge in [-0.3, -0.25) is 4.79 Å². The van der Waals surface area contributed by atoms with Crippen molar-refractivity contribution in [1.82, 2.24) is 5.32 Å². The molecule has 3 heteroatoms. The molecule has 1 aromatic rings. The first-order valence-electron chi connectivity index (χ1n) is 7.78. The maximum atomic E-state index is 10.8. The lowest BCUT2D eigenvalue weighted by molar-refractivity contribution is -0.137. The molecule has 118 valence electrons. The molecule has 0 saturated heterocycles. The number of benzene rings is 1. The van der Waals surface area contributed by atoms with E-state index in [-0.39, 0.29) is 17.9 Å². The molecule has 0 spiro atoms. The summed E-state index contributed by atoms with van der Waals surface area (Å²) in [7, 11) is 0. The number of aliphatic carboxylic acids is 1. The number of nitrogens with one attached hydrogen (secondary N) is 1. The van der Waals surface area contributed by atoms with Gasteiger partial charge in [-0.2, -0.15) is 0 Å². The van der Waals surface area contributed by atoms with Crippen LogP contribution in [0.1, 0.15) is 52.5 Å². The number of hydrogen-bond acceptors (Lipinski definition) is 2. The Morgan fingerprint density at radius 2 is 1.86 bits per heavy atom. The highest BCUT2D eigenvalue weighted by Crippen LogP contribution is 2.21. The van der Waals surface area contributed by atoms with Crippen LogP contribution in [0.25, 0.3) is 0 Å². The first kappa shape index (κ1) is 17.7. The van der Waals surface area contributed by atoms with Crippen molar-refractivity contribution in [2.75, 3.05) is 0 Å². The third-order valence-electron chi connectivity index (χ3n) is 3.47. The molecular formula is C18H29NO2. The third kappa shape index (κ3) is 8.51. The molecule has 0 aromatic heterocycles. The molecule has 0 saturated carbocycles. The van der Waals surface area contributed by atoms with Crippen molar-refractivity contribution in [3.63, 3.8) is 0 Å². The van der Waals surface area contributed by atoms with Gasteiger partial charge in [0.05, 0.1) is 0 Å². The molecule has 0 radical (unpaired) electrons. The van der Waals surface area contributed by atoms with Crippen molar-refractivity contribution in [1.29, 1.82) is 0 Å². The normalized spacial score (nSPS) is 14.7. The van der Waals surface area contributed by atoms with E-state index in [0.717, 1.165) is 12.8 Å². The highest BCUT2D eigenvalue weighted by atomic mass is 16.4. The zero-order chi connectivity index (χ0) is 15.9. The maximum Gasteiger partial charge on any atom is 0.303 e. The smallest absolute Gasteiger partial charge is 0.303 e. The van der Waals surface area contributed by atoms with Gasteiger partial charge >= 0.3 is 5.97 Å². The summed E-state index contributed by atoms with van der Waals surface area (Å²) in [6, 6.07) is 10.9. The zero-order valence-corrected chi connectivity index (χ0v) is 13.7. The van der Waals surface area contributed by atoms with Gasteiger partial charge in [-0.15, -0.1) is 0 Å². The van der Waals surface area contributed by atoms with Crippen LogP contribution in [0.2, 0.25) is 0 Å². The molecule has 2 unspecified atom stereocenters. The number of carboxylic acid groups (broad SMARTS) is 1. The first-order valence-corrected chi connectivity index (χ1v) is 7.78. The predicted molar refractivity (Wildman–Crippen MR) is 87.5 cm³/mol. The lowest BCUT2D eigenvalue weighted by atomic mass is 9.88. The topological polar surface area (TPSA) is 49.3 Å². The van der Waals surface area contributed by atoms with E-state index in [9.17, 15) is 4.79 Å². The van der Waals surface area contributed by atoms with Crippen LogP contribution in [0.15, 0.2) is 30.3 Å². The van der Waals surface area contributed by atoms with Crippen LogP contribution in [-0.4, -0.2) is 23.2 Å². The highest BCUT2D eigenvalue weighted by molar-refractivity contribution is 5.66. The molecule has 2 atom stereocenters. The molecule has 0 aliphatic rings. The second kappa shape index (κ2) is 8.18. The van der Waals surface area contributed by atoms with Crippen molar-refractivity contribution in [2.45, 2.75) is 65.5 Å². The molecule has 0 fully saturated rings. The average Bonchev–Trinajstić information content (AvgIpc) is 2.34. The summed E-state index contributed by atoms with van der Waals surface area (Å²) >= 11 is 0. The van der Waals surface area contributed by atoms with E-state index in [4.69, 9.17) is 5.11 Å². The fourth-order valence-electron chi connectivity index (χ4n) is 2.82. The van der Waals surface area contributed by atoms with Crippen molar-refractivity contribution >= 4 is 5.97 Å². The number of carboxylic acids is 1. The Balaban J connectivity index is 2.61. The molecule has 0 amide bonds. The summed E-state index contributed by atoms with van der Waals surface area (Å²) in [5, 5.41) is 12.5. The van der Waals surface area contributed by atoms with Gasteiger partial charge in [-0.1, -0.05) is 51.1 Å². The summed E-state index contributed by atoms with van der Waals surface area (Å²) in [6.45, 7) is 8.88. The van der Waals surface area contributed by atoms with E-state index in [2.05, 4.69) is 45.1 Å². The molecule has 1 aromatic carbocycles. The standard InChI is InChI=1S/C18H29NO2/c1-14(13-18(2,3)4)19-16(10-11-17(20)21)12-15-8-6-5-7-9-15/h5-9,14,16,19H,10-13H2,1-4H3,(H,20,21). The Kier molecular flexibility index (Phi) is 6.90. The number of carbonyl (C=O) groups is 1. The van der Waals surface area contributed by atoms with Gasteiger partial charge in [0.25, 0.3) is 0 Å². The maximum absolute atomic E-state index is 10.8. The van der Waals surface area contributed by atoms with Crippen LogP contribution < -0.4 is 5.32 Å². The van der Waals surface area contributed by atoms with Crippen LogP contribution in [0.4, 0.5) is 0 Å². The SMILES string of the molecule is CC(CC(C)(C)C)NC(CCC(=O)O)Cc1ccccc1. The molecule has 21 heavy (non-hydrogen) atoms. The van der Waals surface area contributed by atoms with Crippen LogP contribution in [0.3, 0.4) is 0 Å². The minimum absolute atomic E-state index is 0.209. The molecule has 0 aliphatic carbocycles. The number of rotatable bonds is 8. The van der Waals surface area contributed by atoms with Crippen LogP contribution in [-0.2, 0) is 11.2 Å². The molecule has 0 heterocycles. The number of hydrogen-bond donors (Lipinski definition) is 2. The van der Waals surface area contributed by atoms with Crippen molar-refractivity contribution < 1.29 is 9.90 Å². The first-order chi connectivity index (χ1) is 9.76. The highest BCUT2D eigenvalue weighted by Gasteiger charge is 2.19. The van der Waals surface area contributed by atoms with E-state index in [1.165, 1.54) is 5.56 Å². The van der Waals surface area contributed by atoms with Gasteiger partial charge in [-0.25, -0.2) is 0 Å². The Bertz CT molecular complexity index is 423. The quantitative estimate of drug-likeness (QED) is 0.764. The molecule has 0 aliphatic heterocycles. The Morgan fingerprint density at radius 3 is 2.38 bits per heavy atom. The monoisotopic (exact) mass is 291 g/mol. The molecule has 2 N–H and O–H groups in total. The van der Waals surface area contributed by atoms with E-state index >= 15 is 0 Å². The van der Waals surface area contributed by atoms with Crippen LogP contribution in [0, 0.1) is 5.41 Å². The van der Waals surface area contributed by atoms with Gasteiger partial charge in [-0.05, 0) is 37.2 Å². The average molecular weight is 291 g/mol. The Hall–Kier alpha value is -1.35. The van der Waals surface area contributed by atoms with Gasteiger partial charge in [0.1, 0.15) is 0 Å². The van der Waals surface area contributed by atoms with Gasteiger partial charge in [0.2, 0.25) is 0 Å². The van der Waals surface area contributed by atoms with Gasteiger partial charge in [0.15, 0.2) is 0 Å². The molecule has 0 bridgehead atoms. The predicted octanol–water partition coefficient (Wildman–Crippen LogP) is 3.88. The molecule has 1 rings (SSSR count). The van der Waals surface area contributed by atoms with E-state index in [1.807, 2.05) is 18.2 Å². The van der Waals surface area contributed by atoms with E-state index in [0.29, 0.717) is 12.5 Å². The summed E-state index contributed by atoms with van der Waals surface area (Å²) in [6.07, 6.45) is 2.83. The van der Waals surface area contributed by atoms with E-state index < -0.39 is 5.97 Å². The Labute approximate surface area is 128 Å². The lowest BCUT2D eigenvalue weighted by Gasteiger charge is -2.28. The summed E-state index contributed by atoms with van der Waals surface area (Å²) in [5.41, 5.74) is 1.53. The molecular weight excluding hydrogens is 262 g/mol. The Morgan fingerprint density at radius 1 is 1.24 bits per heavy atom. The lowest BCUT2D eigenvalue weighted by Crippen LogP contribution is -2.40. The fraction of sp³-hybridized carbons (Fsp3) is 0.611. The van der Waals surface area contributed by atoms with Gasteiger partial charge < -0.3 is 10.4 Å². The minimum Gasteiger partial charge on any atom is -0.481 e. The molecule has 3 nitrogen and oxygen atoms in total. The van der Waals surface area contributed by atoms with Crippen molar-refractivity contribution in [2.24, 2.45) is 5.41 Å². The van der Waals surface area contributed by atoms with Gasteiger partial charge in [0, 0.05) is 18.5 Å². The third-order valence-corrected chi connectivity index (χ3v) is 3.47. The van der Waals surface area contributed by atoms with Crippen LogP contribution in [0.5, 0.6) is 0 Å². The fourth-order valence-corrected chi connectivity index (χ4v) is 2.82.